The van der Waals surface area contributed by atoms with Crippen LogP contribution in [-0.4, -0.2) is 25.2 Å². The molecule has 3 nitrogen and oxygen atoms in total. The highest BCUT2D eigenvalue weighted by Gasteiger charge is 2.25. The first-order chi connectivity index (χ1) is 6.66. The zero-order valence-electron chi connectivity index (χ0n) is 8.95. The number of anilines is 1. The summed E-state index contributed by atoms with van der Waals surface area (Å²) in [7, 11) is 4.04. The molecule has 1 aromatic heterocycles. The summed E-state index contributed by atoms with van der Waals surface area (Å²) in [6.45, 7) is 1.99. The molecule has 1 aliphatic rings. The summed E-state index contributed by atoms with van der Waals surface area (Å²) in [6.07, 6.45) is 4.61. The van der Waals surface area contributed by atoms with E-state index in [1.54, 1.807) is 0 Å². The van der Waals surface area contributed by atoms with Gasteiger partial charge in [-0.2, -0.15) is 0 Å². The lowest BCUT2D eigenvalue weighted by molar-refractivity contribution is 0.302. The van der Waals surface area contributed by atoms with Crippen LogP contribution in [0, 0.1) is 6.92 Å². The fourth-order valence-corrected chi connectivity index (χ4v) is 1.34. The van der Waals surface area contributed by atoms with E-state index in [4.69, 9.17) is 4.74 Å². The molecule has 0 amide bonds. The van der Waals surface area contributed by atoms with Gasteiger partial charge in [0.15, 0.2) is 5.75 Å². The van der Waals surface area contributed by atoms with Crippen molar-refractivity contribution >= 4 is 5.69 Å². The Hall–Kier alpha value is -1.25. The second-order valence-corrected chi connectivity index (χ2v) is 4.01. The van der Waals surface area contributed by atoms with Gasteiger partial charge in [-0.25, -0.2) is 0 Å². The Morgan fingerprint density at radius 3 is 2.71 bits per heavy atom. The predicted octanol–water partition coefficient (Wildman–Crippen LogP) is 2.00. The number of ether oxygens (including phenoxy) is 1. The minimum absolute atomic E-state index is 0.429. The predicted molar refractivity (Wildman–Crippen MR) is 57.0 cm³/mol. The van der Waals surface area contributed by atoms with Gasteiger partial charge >= 0.3 is 0 Å². The lowest BCUT2D eigenvalue weighted by Gasteiger charge is -2.17. The van der Waals surface area contributed by atoms with Gasteiger partial charge in [0.1, 0.15) is 0 Å². The average molecular weight is 192 g/mol. The minimum Gasteiger partial charge on any atom is -0.487 e. The van der Waals surface area contributed by atoms with Gasteiger partial charge in [0.25, 0.3) is 0 Å². The Labute approximate surface area is 84.7 Å². The summed E-state index contributed by atoms with van der Waals surface area (Å²) in [5.74, 6) is 0.906. The molecular formula is C11H16N2O. The van der Waals surface area contributed by atoms with Crippen LogP contribution in [0.15, 0.2) is 12.3 Å². The van der Waals surface area contributed by atoms with Crippen molar-refractivity contribution in [2.24, 2.45) is 0 Å². The van der Waals surface area contributed by atoms with E-state index in [-0.39, 0.29) is 0 Å². The van der Waals surface area contributed by atoms with Gasteiger partial charge in [-0.05, 0) is 25.8 Å². The maximum absolute atomic E-state index is 5.77. The fourth-order valence-electron chi connectivity index (χ4n) is 1.34. The quantitative estimate of drug-likeness (QED) is 0.732. The molecule has 2 rings (SSSR count). The zero-order chi connectivity index (χ0) is 10.1. The number of nitrogens with zero attached hydrogens (tertiary/aromatic N) is 2. The molecule has 1 saturated carbocycles. The van der Waals surface area contributed by atoms with E-state index in [2.05, 4.69) is 16.0 Å². The highest BCUT2D eigenvalue weighted by molar-refractivity contribution is 5.57. The van der Waals surface area contributed by atoms with Crippen LogP contribution in [0.5, 0.6) is 5.75 Å². The molecule has 0 spiro atoms. The standard InChI is InChI=1S/C11H16N2O/c1-8-6-10(13(2)3)11(7-12-8)14-9-4-5-9/h6-7,9H,4-5H2,1-3H3. The first-order valence-electron chi connectivity index (χ1n) is 4.97. The fraction of sp³-hybridized carbons (Fsp3) is 0.545. The Morgan fingerprint density at radius 2 is 2.14 bits per heavy atom. The summed E-state index contributed by atoms with van der Waals surface area (Å²) in [6, 6.07) is 2.05. The highest BCUT2D eigenvalue weighted by Crippen LogP contribution is 2.32. The van der Waals surface area contributed by atoms with Crippen molar-refractivity contribution in [3.8, 4) is 5.75 Å². The molecule has 0 radical (unpaired) electrons. The third kappa shape index (κ3) is 1.97. The normalized spacial score (nSPS) is 15.4. The number of hydrogen-bond donors (Lipinski definition) is 0. The topological polar surface area (TPSA) is 25.4 Å². The Bertz CT molecular complexity index is 332. The largest absolute Gasteiger partial charge is 0.487 e. The molecule has 0 saturated heterocycles. The van der Waals surface area contributed by atoms with E-state index < -0.39 is 0 Å². The Morgan fingerprint density at radius 1 is 1.43 bits per heavy atom. The van der Waals surface area contributed by atoms with E-state index in [1.807, 2.05) is 27.2 Å². The van der Waals surface area contributed by atoms with Crippen molar-refractivity contribution in [3.63, 3.8) is 0 Å². The number of rotatable bonds is 3. The molecule has 76 valence electrons. The molecule has 1 fully saturated rings. The molecule has 1 aliphatic carbocycles. The van der Waals surface area contributed by atoms with Crippen LogP contribution in [0.25, 0.3) is 0 Å². The third-order valence-electron chi connectivity index (χ3n) is 2.28. The molecule has 0 aromatic carbocycles. The van der Waals surface area contributed by atoms with Crippen molar-refractivity contribution in [3.05, 3.63) is 18.0 Å². The van der Waals surface area contributed by atoms with Gasteiger partial charge in [-0.1, -0.05) is 0 Å². The lowest BCUT2D eigenvalue weighted by atomic mass is 10.3. The molecule has 1 aromatic rings. The minimum atomic E-state index is 0.429. The van der Waals surface area contributed by atoms with Crippen LogP contribution in [0.4, 0.5) is 5.69 Å². The summed E-state index contributed by atoms with van der Waals surface area (Å²) in [5.41, 5.74) is 2.14. The monoisotopic (exact) mass is 192 g/mol. The van der Waals surface area contributed by atoms with Gasteiger partial charge in [-0.3, -0.25) is 4.98 Å². The molecule has 0 unspecified atom stereocenters. The van der Waals surface area contributed by atoms with Crippen LogP contribution in [0.2, 0.25) is 0 Å². The highest BCUT2D eigenvalue weighted by atomic mass is 16.5. The van der Waals surface area contributed by atoms with E-state index >= 15 is 0 Å². The first kappa shape index (κ1) is 9.31. The van der Waals surface area contributed by atoms with Gasteiger partial charge in [0.05, 0.1) is 18.0 Å². The molecule has 0 bridgehead atoms. The molecule has 0 atom stereocenters. The van der Waals surface area contributed by atoms with E-state index in [1.165, 1.54) is 12.8 Å². The van der Waals surface area contributed by atoms with Crippen molar-refractivity contribution in [2.45, 2.75) is 25.9 Å². The average Bonchev–Trinajstić information content (AvgIpc) is 2.91. The SMILES string of the molecule is Cc1cc(N(C)C)c(OC2CC2)cn1. The first-order valence-corrected chi connectivity index (χ1v) is 4.97. The Balaban J connectivity index is 2.26. The summed E-state index contributed by atoms with van der Waals surface area (Å²) >= 11 is 0. The van der Waals surface area contributed by atoms with Gasteiger partial charge in [-0.15, -0.1) is 0 Å². The van der Waals surface area contributed by atoms with Crippen molar-refractivity contribution < 1.29 is 4.74 Å². The molecule has 1 heterocycles. The maximum Gasteiger partial charge on any atom is 0.161 e. The van der Waals surface area contributed by atoms with Crippen LogP contribution in [-0.2, 0) is 0 Å². The number of aryl methyl sites for hydroxylation is 1. The lowest BCUT2D eigenvalue weighted by Crippen LogP contribution is -2.12. The molecular weight excluding hydrogens is 176 g/mol. The van der Waals surface area contributed by atoms with Gasteiger partial charge in [0.2, 0.25) is 0 Å². The second-order valence-electron chi connectivity index (χ2n) is 4.01. The Kier molecular flexibility index (Phi) is 2.32. The van der Waals surface area contributed by atoms with Crippen LogP contribution < -0.4 is 9.64 Å². The molecule has 14 heavy (non-hydrogen) atoms. The van der Waals surface area contributed by atoms with Crippen LogP contribution >= 0.6 is 0 Å². The van der Waals surface area contributed by atoms with Crippen molar-refractivity contribution in [1.82, 2.24) is 4.98 Å². The smallest absolute Gasteiger partial charge is 0.161 e. The molecule has 0 N–H and O–H groups in total. The van der Waals surface area contributed by atoms with Gasteiger partial charge < -0.3 is 9.64 Å². The van der Waals surface area contributed by atoms with Crippen molar-refractivity contribution in [1.29, 1.82) is 0 Å². The van der Waals surface area contributed by atoms with E-state index in [0.29, 0.717) is 6.10 Å². The third-order valence-corrected chi connectivity index (χ3v) is 2.28. The van der Waals surface area contributed by atoms with Crippen LogP contribution in [0.3, 0.4) is 0 Å². The summed E-state index contributed by atoms with van der Waals surface area (Å²) in [4.78, 5) is 6.31. The van der Waals surface area contributed by atoms with Gasteiger partial charge in [0, 0.05) is 19.8 Å². The zero-order valence-corrected chi connectivity index (χ0v) is 8.95. The van der Waals surface area contributed by atoms with E-state index in [0.717, 1.165) is 17.1 Å². The van der Waals surface area contributed by atoms with Crippen LogP contribution in [0.1, 0.15) is 18.5 Å². The molecule has 0 aliphatic heterocycles. The number of pyridine rings is 1. The summed E-state index contributed by atoms with van der Waals surface area (Å²) < 4.78 is 5.77. The molecule has 3 heteroatoms. The van der Waals surface area contributed by atoms with Crippen molar-refractivity contribution in [2.75, 3.05) is 19.0 Å². The second kappa shape index (κ2) is 3.48. The number of hydrogen-bond acceptors (Lipinski definition) is 3. The maximum atomic E-state index is 5.77. The van der Waals surface area contributed by atoms with E-state index in [9.17, 15) is 0 Å². The number of aromatic nitrogens is 1. The summed E-state index contributed by atoms with van der Waals surface area (Å²) in [5, 5.41) is 0.